The second-order valence-electron chi connectivity index (χ2n) is 5.34. The van der Waals surface area contributed by atoms with Crippen molar-refractivity contribution in [2.75, 3.05) is 14.2 Å². The number of fused-ring (bicyclic) bond motifs is 1. The lowest BCUT2D eigenvalue weighted by atomic mass is 10.1. The minimum Gasteiger partial charge on any atom is -0.497 e. The second kappa shape index (κ2) is 6.88. The van der Waals surface area contributed by atoms with Crippen LogP contribution in [-0.2, 0) is 0 Å². The van der Waals surface area contributed by atoms with Gasteiger partial charge in [0, 0.05) is 11.1 Å². The lowest BCUT2D eigenvalue weighted by molar-refractivity contribution is 0.0939. The zero-order valence-electron chi connectivity index (χ0n) is 13.7. The molecule has 3 aromatic rings. The van der Waals surface area contributed by atoms with Crippen LogP contribution in [0.3, 0.4) is 0 Å². The summed E-state index contributed by atoms with van der Waals surface area (Å²) >= 11 is 1.52. The van der Waals surface area contributed by atoms with Crippen molar-refractivity contribution in [1.29, 1.82) is 0 Å². The first kappa shape index (κ1) is 16.3. The van der Waals surface area contributed by atoms with Crippen LogP contribution >= 0.6 is 11.3 Å². The number of nitrogens with zero attached hydrogens (tertiary/aromatic N) is 1. The Kier molecular flexibility index (Phi) is 4.66. The molecule has 1 atom stereocenters. The molecule has 1 aromatic heterocycles. The Labute approximate surface area is 144 Å². The SMILES string of the molecule is COc1ccc(OC)c(C(C)NC(=O)c2ccc3ncsc3c2)c1. The Morgan fingerprint density at radius 3 is 2.75 bits per heavy atom. The average Bonchev–Trinajstić information content (AvgIpc) is 3.08. The molecule has 0 aliphatic heterocycles. The number of amides is 1. The van der Waals surface area contributed by atoms with Crippen LogP contribution in [0.1, 0.15) is 28.9 Å². The topological polar surface area (TPSA) is 60.5 Å². The van der Waals surface area contributed by atoms with Crippen LogP contribution in [0.25, 0.3) is 10.2 Å². The van der Waals surface area contributed by atoms with Crippen molar-refractivity contribution in [2.45, 2.75) is 13.0 Å². The molecule has 1 unspecified atom stereocenters. The van der Waals surface area contributed by atoms with Crippen LogP contribution in [-0.4, -0.2) is 25.1 Å². The van der Waals surface area contributed by atoms with Gasteiger partial charge >= 0.3 is 0 Å². The average molecular weight is 342 g/mol. The molecular formula is C18H18N2O3S. The number of aromatic nitrogens is 1. The van der Waals surface area contributed by atoms with Gasteiger partial charge in [0.2, 0.25) is 0 Å². The van der Waals surface area contributed by atoms with Crippen molar-refractivity contribution in [1.82, 2.24) is 10.3 Å². The Bertz CT molecular complexity index is 876. The number of methoxy groups -OCH3 is 2. The highest BCUT2D eigenvalue weighted by atomic mass is 32.1. The van der Waals surface area contributed by atoms with Crippen molar-refractivity contribution < 1.29 is 14.3 Å². The lowest BCUT2D eigenvalue weighted by Crippen LogP contribution is -2.26. The molecule has 0 spiro atoms. The number of carbonyl (C=O) groups is 1. The molecule has 6 heteroatoms. The third-order valence-corrected chi connectivity index (χ3v) is 4.64. The van der Waals surface area contributed by atoms with E-state index < -0.39 is 0 Å². The van der Waals surface area contributed by atoms with Gasteiger partial charge in [-0.1, -0.05) is 0 Å². The predicted octanol–water partition coefficient (Wildman–Crippen LogP) is 3.80. The second-order valence-corrected chi connectivity index (χ2v) is 6.22. The van der Waals surface area contributed by atoms with Crippen LogP contribution in [0.15, 0.2) is 41.9 Å². The monoisotopic (exact) mass is 342 g/mol. The van der Waals surface area contributed by atoms with Gasteiger partial charge in [-0.05, 0) is 43.3 Å². The quantitative estimate of drug-likeness (QED) is 0.766. The minimum atomic E-state index is -0.222. The predicted molar refractivity (Wildman–Crippen MR) is 95.0 cm³/mol. The van der Waals surface area contributed by atoms with E-state index in [-0.39, 0.29) is 11.9 Å². The third kappa shape index (κ3) is 3.19. The van der Waals surface area contributed by atoms with Crippen LogP contribution in [0, 0.1) is 0 Å². The number of benzene rings is 2. The summed E-state index contributed by atoms with van der Waals surface area (Å²) < 4.78 is 11.6. The molecule has 0 aliphatic rings. The number of carbonyl (C=O) groups excluding carboxylic acids is 1. The van der Waals surface area contributed by atoms with E-state index in [1.54, 1.807) is 25.8 Å². The zero-order valence-corrected chi connectivity index (χ0v) is 14.5. The molecule has 0 saturated heterocycles. The Hall–Kier alpha value is -2.60. The fraction of sp³-hybridized carbons (Fsp3) is 0.222. The summed E-state index contributed by atoms with van der Waals surface area (Å²) in [5.74, 6) is 1.29. The van der Waals surface area contributed by atoms with Gasteiger partial charge in [-0.2, -0.15) is 0 Å². The number of hydrogen-bond donors (Lipinski definition) is 1. The smallest absolute Gasteiger partial charge is 0.251 e. The summed E-state index contributed by atoms with van der Waals surface area (Å²) in [6.45, 7) is 1.92. The Morgan fingerprint density at radius 1 is 1.17 bits per heavy atom. The first-order valence-corrected chi connectivity index (χ1v) is 8.36. The first-order chi connectivity index (χ1) is 11.6. The van der Waals surface area contributed by atoms with Crippen molar-refractivity contribution in [2.24, 2.45) is 0 Å². The normalized spacial score (nSPS) is 12.0. The van der Waals surface area contributed by atoms with E-state index in [1.165, 1.54) is 11.3 Å². The van der Waals surface area contributed by atoms with E-state index in [4.69, 9.17) is 9.47 Å². The molecule has 2 aromatic carbocycles. The van der Waals surface area contributed by atoms with E-state index in [1.807, 2.05) is 37.3 Å². The maximum atomic E-state index is 12.5. The minimum absolute atomic E-state index is 0.136. The van der Waals surface area contributed by atoms with Crippen LogP contribution in [0.2, 0.25) is 0 Å². The van der Waals surface area contributed by atoms with E-state index >= 15 is 0 Å². The van der Waals surface area contributed by atoms with Crippen LogP contribution < -0.4 is 14.8 Å². The van der Waals surface area contributed by atoms with Crippen LogP contribution in [0.4, 0.5) is 0 Å². The fourth-order valence-corrected chi connectivity index (χ4v) is 3.25. The molecule has 124 valence electrons. The van der Waals surface area contributed by atoms with E-state index in [0.717, 1.165) is 21.5 Å². The molecule has 0 bridgehead atoms. The summed E-state index contributed by atoms with van der Waals surface area (Å²) in [6, 6.07) is 10.8. The van der Waals surface area contributed by atoms with E-state index in [9.17, 15) is 4.79 Å². The number of rotatable bonds is 5. The van der Waals surface area contributed by atoms with Gasteiger partial charge in [0.1, 0.15) is 11.5 Å². The van der Waals surface area contributed by atoms with Gasteiger partial charge in [-0.3, -0.25) is 4.79 Å². The van der Waals surface area contributed by atoms with Crippen molar-refractivity contribution in [3.05, 3.63) is 53.0 Å². The maximum absolute atomic E-state index is 12.5. The van der Waals surface area contributed by atoms with Gasteiger partial charge < -0.3 is 14.8 Å². The fourth-order valence-electron chi connectivity index (χ4n) is 2.53. The maximum Gasteiger partial charge on any atom is 0.251 e. The number of thiazole rings is 1. The highest BCUT2D eigenvalue weighted by Crippen LogP contribution is 2.29. The molecule has 24 heavy (non-hydrogen) atoms. The molecule has 5 nitrogen and oxygen atoms in total. The van der Waals surface area contributed by atoms with Crippen molar-refractivity contribution in [3.63, 3.8) is 0 Å². The van der Waals surface area contributed by atoms with Crippen molar-refractivity contribution in [3.8, 4) is 11.5 Å². The molecule has 1 heterocycles. The molecular weight excluding hydrogens is 324 g/mol. The lowest BCUT2D eigenvalue weighted by Gasteiger charge is -2.18. The van der Waals surface area contributed by atoms with E-state index in [2.05, 4.69) is 10.3 Å². The van der Waals surface area contributed by atoms with Crippen LogP contribution in [0.5, 0.6) is 11.5 Å². The number of hydrogen-bond acceptors (Lipinski definition) is 5. The molecule has 0 saturated carbocycles. The standard InChI is InChI=1S/C18H18N2O3S/c1-11(14-9-13(22-2)5-7-16(14)23-3)20-18(21)12-4-6-15-17(8-12)24-10-19-15/h4-11H,1-3H3,(H,20,21). The highest BCUT2D eigenvalue weighted by molar-refractivity contribution is 7.16. The summed E-state index contributed by atoms with van der Waals surface area (Å²) in [5, 5.41) is 3.01. The summed E-state index contributed by atoms with van der Waals surface area (Å²) in [5.41, 5.74) is 4.15. The highest BCUT2D eigenvalue weighted by Gasteiger charge is 2.16. The summed E-state index contributed by atoms with van der Waals surface area (Å²) in [4.78, 5) is 16.8. The van der Waals surface area contributed by atoms with Gasteiger partial charge in [0.25, 0.3) is 5.91 Å². The van der Waals surface area contributed by atoms with Gasteiger partial charge in [-0.15, -0.1) is 11.3 Å². The Balaban J connectivity index is 1.83. The molecule has 0 aliphatic carbocycles. The third-order valence-electron chi connectivity index (χ3n) is 3.84. The summed E-state index contributed by atoms with van der Waals surface area (Å²) in [6.07, 6.45) is 0. The molecule has 1 amide bonds. The van der Waals surface area contributed by atoms with Gasteiger partial charge in [0.05, 0.1) is 36.0 Å². The van der Waals surface area contributed by atoms with Gasteiger partial charge in [0.15, 0.2) is 0 Å². The zero-order chi connectivity index (χ0) is 17.1. The number of nitrogens with one attached hydrogen (secondary N) is 1. The first-order valence-electron chi connectivity index (χ1n) is 7.48. The summed E-state index contributed by atoms with van der Waals surface area (Å²) in [7, 11) is 3.22. The van der Waals surface area contributed by atoms with E-state index in [0.29, 0.717) is 11.3 Å². The molecule has 1 N–H and O–H groups in total. The largest absolute Gasteiger partial charge is 0.497 e. The Morgan fingerprint density at radius 2 is 2.00 bits per heavy atom. The molecule has 3 rings (SSSR count). The molecule has 0 radical (unpaired) electrons. The van der Waals surface area contributed by atoms with Gasteiger partial charge in [-0.25, -0.2) is 4.98 Å². The molecule has 0 fully saturated rings. The van der Waals surface area contributed by atoms with Crippen molar-refractivity contribution >= 4 is 27.5 Å². The number of ether oxygens (including phenoxy) is 2.